The van der Waals surface area contributed by atoms with E-state index in [1.165, 1.54) is 6.42 Å². The van der Waals surface area contributed by atoms with Crippen LogP contribution in [0.4, 0.5) is 0 Å². The van der Waals surface area contributed by atoms with E-state index in [0.29, 0.717) is 35.5 Å². The third kappa shape index (κ3) is 4.08. The van der Waals surface area contributed by atoms with Crippen molar-refractivity contribution < 1.29 is 17.6 Å². The lowest BCUT2D eigenvalue weighted by atomic mass is 9.95. The van der Waals surface area contributed by atoms with Gasteiger partial charge in [-0.1, -0.05) is 26.2 Å². The molecule has 7 heteroatoms. The third-order valence-corrected chi connectivity index (χ3v) is 8.17. The summed E-state index contributed by atoms with van der Waals surface area (Å²) in [7, 11) is -3.55. The van der Waals surface area contributed by atoms with Crippen LogP contribution in [-0.2, 0) is 10.0 Å². The van der Waals surface area contributed by atoms with Crippen LogP contribution < -0.4 is 5.32 Å². The van der Waals surface area contributed by atoms with E-state index in [4.69, 9.17) is 4.42 Å². The highest BCUT2D eigenvalue weighted by molar-refractivity contribution is 7.89. The largest absolute Gasteiger partial charge is 0.451 e. The number of nitrogens with zero attached hydrogens (tertiary/aromatic N) is 1. The van der Waals surface area contributed by atoms with E-state index in [0.717, 1.165) is 38.5 Å². The number of carbonyl (C=O) groups is 1. The predicted molar refractivity (Wildman–Crippen MR) is 112 cm³/mol. The fourth-order valence-electron chi connectivity index (χ4n) is 4.59. The second kappa shape index (κ2) is 8.11. The smallest absolute Gasteiger partial charge is 0.287 e. The van der Waals surface area contributed by atoms with E-state index < -0.39 is 10.0 Å². The standard InChI is InChI=1S/C22H30N2O4S/c1-15-7-6-12-24(14-15)29(26,27)18-10-11-20-19(13-18)16(2)21(28-20)22(25)23-17-8-4-3-5-9-17/h10-11,13,15,17H,3-9,12,14H2,1-2H3,(H,23,25). The summed E-state index contributed by atoms with van der Waals surface area (Å²) in [6.45, 7) is 5.02. The highest BCUT2D eigenvalue weighted by Crippen LogP contribution is 2.30. The van der Waals surface area contributed by atoms with Crippen molar-refractivity contribution >= 4 is 26.9 Å². The summed E-state index contributed by atoms with van der Waals surface area (Å²) < 4.78 is 33.6. The molecule has 1 N–H and O–H groups in total. The molecule has 2 aromatic rings. The molecule has 1 saturated heterocycles. The van der Waals surface area contributed by atoms with Crippen LogP contribution in [0.2, 0.25) is 0 Å². The van der Waals surface area contributed by atoms with Crippen LogP contribution in [0.15, 0.2) is 27.5 Å². The number of rotatable bonds is 4. The van der Waals surface area contributed by atoms with Crippen molar-refractivity contribution in [3.05, 3.63) is 29.5 Å². The highest BCUT2D eigenvalue weighted by Gasteiger charge is 2.30. The summed E-state index contributed by atoms with van der Waals surface area (Å²) in [4.78, 5) is 13.0. The molecule has 1 aromatic heterocycles. The predicted octanol–water partition coefficient (Wildman–Crippen LogP) is 4.22. The van der Waals surface area contributed by atoms with E-state index in [9.17, 15) is 13.2 Å². The molecule has 2 aliphatic rings. The maximum absolute atomic E-state index is 13.1. The zero-order valence-electron chi connectivity index (χ0n) is 17.2. The number of aryl methyl sites for hydroxylation is 1. The van der Waals surface area contributed by atoms with Gasteiger partial charge in [0, 0.05) is 30.1 Å². The van der Waals surface area contributed by atoms with E-state index >= 15 is 0 Å². The number of fused-ring (bicyclic) bond motifs is 1. The van der Waals surface area contributed by atoms with E-state index in [-0.39, 0.29) is 22.6 Å². The van der Waals surface area contributed by atoms with Gasteiger partial charge < -0.3 is 9.73 Å². The van der Waals surface area contributed by atoms with Crippen LogP contribution in [0.1, 0.15) is 68.0 Å². The van der Waals surface area contributed by atoms with Crippen LogP contribution in [-0.4, -0.2) is 37.8 Å². The van der Waals surface area contributed by atoms with Crippen LogP contribution in [0, 0.1) is 12.8 Å². The number of carbonyl (C=O) groups excluding carboxylic acids is 1. The Morgan fingerprint density at radius 2 is 1.90 bits per heavy atom. The molecule has 1 aromatic carbocycles. The van der Waals surface area contributed by atoms with Gasteiger partial charge in [-0.25, -0.2) is 8.42 Å². The zero-order chi connectivity index (χ0) is 20.6. The summed E-state index contributed by atoms with van der Waals surface area (Å²) in [5.74, 6) is 0.444. The van der Waals surface area contributed by atoms with Gasteiger partial charge in [-0.05, 0) is 56.7 Å². The number of hydrogen-bond acceptors (Lipinski definition) is 4. The minimum Gasteiger partial charge on any atom is -0.451 e. The quantitative estimate of drug-likeness (QED) is 0.806. The second-order valence-electron chi connectivity index (χ2n) is 8.63. The van der Waals surface area contributed by atoms with E-state index in [1.54, 1.807) is 22.5 Å². The zero-order valence-corrected chi connectivity index (χ0v) is 18.1. The Labute approximate surface area is 172 Å². The lowest BCUT2D eigenvalue weighted by molar-refractivity contribution is 0.0901. The van der Waals surface area contributed by atoms with Crippen LogP contribution in [0.5, 0.6) is 0 Å². The fraction of sp³-hybridized carbons (Fsp3) is 0.591. The topological polar surface area (TPSA) is 79.6 Å². The van der Waals surface area contributed by atoms with Gasteiger partial charge in [0.2, 0.25) is 10.0 Å². The Morgan fingerprint density at radius 1 is 1.14 bits per heavy atom. The number of piperidine rings is 1. The minimum atomic E-state index is -3.55. The molecule has 29 heavy (non-hydrogen) atoms. The van der Waals surface area contributed by atoms with Gasteiger partial charge in [0.1, 0.15) is 5.58 Å². The fourth-order valence-corrected chi connectivity index (χ4v) is 6.21. The van der Waals surface area contributed by atoms with Crippen LogP contribution >= 0.6 is 0 Å². The van der Waals surface area contributed by atoms with Crippen molar-refractivity contribution in [2.45, 2.75) is 69.7 Å². The number of furan rings is 1. The third-order valence-electron chi connectivity index (χ3n) is 6.31. The number of benzene rings is 1. The molecule has 1 atom stereocenters. The molecule has 1 unspecified atom stereocenters. The molecule has 1 aliphatic carbocycles. The lowest BCUT2D eigenvalue weighted by Crippen LogP contribution is -2.39. The van der Waals surface area contributed by atoms with Gasteiger partial charge in [0.15, 0.2) is 5.76 Å². The number of nitrogens with one attached hydrogen (secondary N) is 1. The Bertz CT molecular complexity index is 1010. The summed E-state index contributed by atoms with van der Waals surface area (Å²) in [6, 6.07) is 5.10. The van der Waals surface area contributed by atoms with Crippen molar-refractivity contribution in [3.8, 4) is 0 Å². The van der Waals surface area contributed by atoms with Crippen molar-refractivity contribution in [1.29, 1.82) is 0 Å². The highest BCUT2D eigenvalue weighted by atomic mass is 32.2. The minimum absolute atomic E-state index is 0.195. The van der Waals surface area contributed by atoms with Crippen molar-refractivity contribution in [2.75, 3.05) is 13.1 Å². The molecular formula is C22H30N2O4S. The average molecular weight is 419 g/mol. The molecule has 2 heterocycles. The molecule has 0 radical (unpaired) electrons. The summed E-state index contributed by atoms with van der Waals surface area (Å²) in [5.41, 5.74) is 1.24. The average Bonchev–Trinajstić information content (AvgIpc) is 3.05. The second-order valence-corrected chi connectivity index (χ2v) is 10.6. The molecule has 1 amide bonds. The lowest BCUT2D eigenvalue weighted by Gasteiger charge is -2.30. The van der Waals surface area contributed by atoms with Crippen molar-refractivity contribution in [3.63, 3.8) is 0 Å². The van der Waals surface area contributed by atoms with Gasteiger partial charge in [-0.15, -0.1) is 0 Å². The molecular weight excluding hydrogens is 388 g/mol. The van der Waals surface area contributed by atoms with E-state index in [2.05, 4.69) is 12.2 Å². The first kappa shape index (κ1) is 20.4. The Kier molecular flexibility index (Phi) is 5.71. The van der Waals surface area contributed by atoms with Crippen molar-refractivity contribution in [1.82, 2.24) is 9.62 Å². The molecule has 1 aliphatic heterocycles. The van der Waals surface area contributed by atoms with Crippen LogP contribution in [0.25, 0.3) is 11.0 Å². The molecule has 1 saturated carbocycles. The normalized spacial score (nSPS) is 22.1. The molecule has 6 nitrogen and oxygen atoms in total. The van der Waals surface area contributed by atoms with Gasteiger partial charge in [-0.3, -0.25) is 4.79 Å². The molecule has 0 spiro atoms. The molecule has 4 rings (SSSR count). The van der Waals surface area contributed by atoms with Gasteiger partial charge >= 0.3 is 0 Å². The Balaban J connectivity index is 1.61. The van der Waals surface area contributed by atoms with Crippen molar-refractivity contribution in [2.24, 2.45) is 5.92 Å². The first-order valence-corrected chi connectivity index (χ1v) is 12.1. The summed E-state index contributed by atoms with van der Waals surface area (Å²) in [5, 5.41) is 3.76. The van der Waals surface area contributed by atoms with Gasteiger partial charge in [-0.2, -0.15) is 4.31 Å². The first-order chi connectivity index (χ1) is 13.9. The number of hydrogen-bond donors (Lipinski definition) is 1. The maximum atomic E-state index is 13.1. The van der Waals surface area contributed by atoms with Crippen LogP contribution in [0.3, 0.4) is 0 Å². The monoisotopic (exact) mass is 418 g/mol. The number of sulfonamides is 1. The Hall–Kier alpha value is -1.86. The molecule has 0 bridgehead atoms. The number of amides is 1. The first-order valence-electron chi connectivity index (χ1n) is 10.7. The summed E-state index contributed by atoms with van der Waals surface area (Å²) in [6.07, 6.45) is 7.46. The SMILES string of the molecule is Cc1c(C(=O)NC2CCCCC2)oc2ccc(S(=O)(=O)N3CCCC(C)C3)cc12. The molecule has 2 fully saturated rings. The Morgan fingerprint density at radius 3 is 2.62 bits per heavy atom. The molecule has 158 valence electrons. The van der Waals surface area contributed by atoms with Gasteiger partial charge in [0.25, 0.3) is 5.91 Å². The summed E-state index contributed by atoms with van der Waals surface area (Å²) >= 11 is 0. The maximum Gasteiger partial charge on any atom is 0.287 e. The van der Waals surface area contributed by atoms with E-state index in [1.807, 2.05) is 6.92 Å². The van der Waals surface area contributed by atoms with Gasteiger partial charge in [0.05, 0.1) is 4.90 Å².